The number of rotatable bonds is 6. The first kappa shape index (κ1) is 22.4. The molecule has 2 aromatic carbocycles. The van der Waals surface area contributed by atoms with E-state index >= 15 is 0 Å². The van der Waals surface area contributed by atoms with Crippen LogP contribution in [0.25, 0.3) is 33.2 Å². The summed E-state index contributed by atoms with van der Waals surface area (Å²) < 4.78 is 13.9. The molecule has 3 N–H and O–H groups in total. The second-order valence-corrected chi connectivity index (χ2v) is 9.58. The predicted octanol–water partition coefficient (Wildman–Crippen LogP) is 6.20. The summed E-state index contributed by atoms with van der Waals surface area (Å²) >= 11 is 0. The lowest BCUT2D eigenvalue weighted by Gasteiger charge is -2.15. The normalized spacial score (nSPS) is 14.0. The Morgan fingerprint density at radius 3 is 2.58 bits per heavy atom. The maximum absolute atomic E-state index is 13.9. The maximum Gasteiger partial charge on any atom is 0.126 e. The molecule has 6 rings (SSSR count). The SMILES string of the molecule is Nc1ncc(-c2cncc(CN3CCCC3)c2)cc1Cc1cc2c(-c3cccc(F)c3)cccc2[nH]1. The molecule has 0 spiro atoms. The van der Waals surface area contributed by atoms with E-state index in [0.29, 0.717) is 12.2 Å². The van der Waals surface area contributed by atoms with Gasteiger partial charge in [0.1, 0.15) is 11.6 Å². The van der Waals surface area contributed by atoms with Gasteiger partial charge in [-0.05, 0) is 79.0 Å². The summed E-state index contributed by atoms with van der Waals surface area (Å²) in [6.07, 6.45) is 8.83. The Balaban J connectivity index is 1.29. The number of hydrogen-bond donors (Lipinski definition) is 2. The van der Waals surface area contributed by atoms with Crippen LogP contribution in [0.2, 0.25) is 0 Å². The lowest BCUT2D eigenvalue weighted by Crippen LogP contribution is -2.18. The van der Waals surface area contributed by atoms with E-state index in [9.17, 15) is 4.39 Å². The van der Waals surface area contributed by atoms with E-state index in [2.05, 4.69) is 38.1 Å². The second kappa shape index (κ2) is 9.55. The van der Waals surface area contributed by atoms with Crippen LogP contribution >= 0.6 is 0 Å². The molecule has 180 valence electrons. The Morgan fingerprint density at radius 1 is 0.889 bits per heavy atom. The highest BCUT2D eigenvalue weighted by atomic mass is 19.1. The molecule has 0 saturated carbocycles. The summed E-state index contributed by atoms with van der Waals surface area (Å²) in [5.41, 5.74) is 14.4. The molecule has 0 radical (unpaired) electrons. The average Bonchev–Trinajstić information content (AvgIpc) is 3.55. The lowest BCUT2D eigenvalue weighted by atomic mass is 10.0. The summed E-state index contributed by atoms with van der Waals surface area (Å²) in [6.45, 7) is 3.24. The summed E-state index contributed by atoms with van der Waals surface area (Å²) in [4.78, 5) is 15.0. The number of anilines is 1. The molecule has 1 fully saturated rings. The van der Waals surface area contributed by atoms with Gasteiger partial charge in [-0.2, -0.15) is 0 Å². The van der Waals surface area contributed by atoms with Gasteiger partial charge in [0.05, 0.1) is 0 Å². The summed E-state index contributed by atoms with van der Waals surface area (Å²) in [5.74, 6) is 0.277. The zero-order valence-electron chi connectivity index (χ0n) is 20.0. The minimum atomic E-state index is -0.241. The third-order valence-electron chi connectivity index (χ3n) is 6.97. The van der Waals surface area contributed by atoms with Crippen LogP contribution in [-0.2, 0) is 13.0 Å². The highest BCUT2D eigenvalue weighted by Gasteiger charge is 2.14. The predicted molar refractivity (Wildman–Crippen MR) is 143 cm³/mol. The number of aromatic nitrogens is 3. The quantitative estimate of drug-likeness (QED) is 0.305. The zero-order chi connectivity index (χ0) is 24.5. The average molecular weight is 478 g/mol. The monoisotopic (exact) mass is 477 g/mol. The van der Waals surface area contributed by atoms with Gasteiger partial charge in [-0.1, -0.05) is 24.3 Å². The number of fused-ring (bicyclic) bond motifs is 1. The standard InChI is InChI=1S/C30H28FN5/c31-25-6-3-5-21(13-25)27-7-4-8-29-28(27)15-26(35-29)14-22-12-24(18-34-30(22)32)23-11-20(16-33-17-23)19-36-9-1-2-10-36/h3-8,11-13,15-18,35H,1-2,9-10,14,19H2,(H2,32,34). The van der Waals surface area contributed by atoms with Gasteiger partial charge in [-0.25, -0.2) is 9.37 Å². The Bertz CT molecular complexity index is 1530. The van der Waals surface area contributed by atoms with E-state index in [1.807, 2.05) is 42.9 Å². The Morgan fingerprint density at radius 2 is 1.72 bits per heavy atom. The van der Waals surface area contributed by atoms with Crippen molar-refractivity contribution in [1.29, 1.82) is 0 Å². The third-order valence-corrected chi connectivity index (χ3v) is 6.97. The van der Waals surface area contributed by atoms with E-state index in [1.165, 1.54) is 24.5 Å². The van der Waals surface area contributed by atoms with E-state index in [-0.39, 0.29) is 5.82 Å². The van der Waals surface area contributed by atoms with Crippen LogP contribution in [0.5, 0.6) is 0 Å². The van der Waals surface area contributed by atoms with E-state index in [1.54, 1.807) is 12.1 Å². The van der Waals surface area contributed by atoms with Crippen molar-refractivity contribution >= 4 is 16.7 Å². The number of nitrogens with zero attached hydrogens (tertiary/aromatic N) is 3. The highest BCUT2D eigenvalue weighted by Crippen LogP contribution is 2.31. The van der Waals surface area contributed by atoms with Gasteiger partial charge in [-0.15, -0.1) is 0 Å². The first-order chi connectivity index (χ1) is 17.6. The molecule has 1 aliphatic heterocycles. The number of H-pyrrole nitrogens is 1. The van der Waals surface area contributed by atoms with Gasteiger partial charge in [0.25, 0.3) is 0 Å². The topological polar surface area (TPSA) is 70.8 Å². The van der Waals surface area contributed by atoms with Gasteiger partial charge < -0.3 is 10.7 Å². The van der Waals surface area contributed by atoms with Gasteiger partial charge >= 0.3 is 0 Å². The maximum atomic E-state index is 13.9. The molecular formula is C30H28FN5. The number of nitrogen functional groups attached to an aromatic ring is 1. The fourth-order valence-electron chi connectivity index (χ4n) is 5.17. The van der Waals surface area contributed by atoms with E-state index in [0.717, 1.165) is 64.0 Å². The molecule has 1 aliphatic rings. The van der Waals surface area contributed by atoms with Crippen LogP contribution in [0.3, 0.4) is 0 Å². The molecule has 3 aromatic heterocycles. The van der Waals surface area contributed by atoms with Crippen molar-refractivity contribution in [1.82, 2.24) is 19.9 Å². The summed E-state index contributed by atoms with van der Waals surface area (Å²) in [6, 6.07) is 19.2. The number of hydrogen-bond acceptors (Lipinski definition) is 4. The van der Waals surface area contributed by atoms with Gasteiger partial charge in [-0.3, -0.25) is 9.88 Å². The van der Waals surface area contributed by atoms with Crippen molar-refractivity contribution in [3.8, 4) is 22.3 Å². The number of benzene rings is 2. The molecule has 0 atom stereocenters. The Labute approximate surface area is 209 Å². The van der Waals surface area contributed by atoms with Crippen LogP contribution < -0.4 is 5.73 Å². The molecule has 5 aromatic rings. The first-order valence-corrected chi connectivity index (χ1v) is 12.4. The zero-order valence-corrected chi connectivity index (χ0v) is 20.0. The summed E-state index contributed by atoms with van der Waals surface area (Å²) in [5, 5.41) is 1.06. The molecule has 4 heterocycles. The largest absolute Gasteiger partial charge is 0.383 e. The number of nitrogens with one attached hydrogen (secondary N) is 1. The molecule has 1 saturated heterocycles. The minimum absolute atomic E-state index is 0.241. The van der Waals surface area contributed by atoms with Crippen LogP contribution in [-0.4, -0.2) is 32.9 Å². The van der Waals surface area contributed by atoms with Crippen LogP contribution in [0.15, 0.2) is 79.3 Å². The van der Waals surface area contributed by atoms with E-state index in [4.69, 9.17) is 5.73 Å². The van der Waals surface area contributed by atoms with Crippen molar-refractivity contribution in [2.45, 2.75) is 25.8 Å². The molecule has 0 unspecified atom stereocenters. The van der Waals surface area contributed by atoms with Crippen LogP contribution in [0, 0.1) is 5.82 Å². The van der Waals surface area contributed by atoms with Gasteiger partial charge in [0, 0.05) is 64.8 Å². The molecule has 5 nitrogen and oxygen atoms in total. The Hall–Kier alpha value is -4.03. The number of nitrogens with two attached hydrogens (primary N) is 1. The minimum Gasteiger partial charge on any atom is -0.383 e. The Kier molecular flexibility index (Phi) is 5.95. The molecule has 0 amide bonds. The molecular weight excluding hydrogens is 449 g/mol. The number of pyridine rings is 2. The third kappa shape index (κ3) is 4.60. The fourth-order valence-corrected chi connectivity index (χ4v) is 5.17. The summed E-state index contributed by atoms with van der Waals surface area (Å²) in [7, 11) is 0. The lowest BCUT2D eigenvalue weighted by molar-refractivity contribution is 0.331. The first-order valence-electron chi connectivity index (χ1n) is 12.4. The van der Waals surface area contributed by atoms with E-state index < -0.39 is 0 Å². The van der Waals surface area contributed by atoms with Crippen LogP contribution in [0.1, 0.15) is 29.7 Å². The highest BCUT2D eigenvalue weighted by molar-refractivity contribution is 5.95. The van der Waals surface area contributed by atoms with Crippen molar-refractivity contribution in [2.75, 3.05) is 18.8 Å². The molecule has 0 aliphatic carbocycles. The van der Waals surface area contributed by atoms with Crippen molar-refractivity contribution in [2.24, 2.45) is 0 Å². The number of likely N-dealkylation sites (tertiary alicyclic amines) is 1. The van der Waals surface area contributed by atoms with Crippen molar-refractivity contribution < 1.29 is 4.39 Å². The number of halogens is 1. The number of aromatic amines is 1. The van der Waals surface area contributed by atoms with Crippen molar-refractivity contribution in [3.05, 3.63) is 102 Å². The van der Waals surface area contributed by atoms with Crippen molar-refractivity contribution in [3.63, 3.8) is 0 Å². The molecule has 0 bridgehead atoms. The molecule has 6 heteroatoms. The second-order valence-electron chi connectivity index (χ2n) is 9.58. The van der Waals surface area contributed by atoms with Gasteiger partial charge in [0.15, 0.2) is 0 Å². The smallest absolute Gasteiger partial charge is 0.126 e. The molecule has 36 heavy (non-hydrogen) atoms. The fraction of sp³-hybridized carbons (Fsp3) is 0.200. The van der Waals surface area contributed by atoms with Crippen LogP contribution in [0.4, 0.5) is 10.2 Å². The van der Waals surface area contributed by atoms with Gasteiger partial charge in [0.2, 0.25) is 0 Å².